The lowest BCUT2D eigenvalue weighted by molar-refractivity contribution is -0.115. The molecule has 0 spiro atoms. The molecule has 0 aliphatic carbocycles. The summed E-state index contributed by atoms with van der Waals surface area (Å²) in [6.45, 7) is 2.67. The number of urea groups is 1. The molecule has 1 fully saturated rings. The molecule has 0 bridgehead atoms. The first-order valence-electron chi connectivity index (χ1n) is 8.43. The zero-order valence-electron chi connectivity index (χ0n) is 14.5. The number of methoxy groups -OCH3 is 1. The van der Waals surface area contributed by atoms with Gasteiger partial charge in [-0.25, -0.2) is 4.79 Å². The monoisotopic (exact) mass is 350 g/mol. The SMILES string of the molecule is COCCNCC(=O)Nc1ccc(NC(=O)NCC2CCCO2)cc1. The van der Waals surface area contributed by atoms with E-state index in [1.165, 1.54) is 0 Å². The van der Waals surface area contributed by atoms with Crippen molar-refractivity contribution in [3.05, 3.63) is 24.3 Å². The molecule has 8 heteroatoms. The molecule has 25 heavy (non-hydrogen) atoms. The van der Waals surface area contributed by atoms with Crippen molar-refractivity contribution in [3.8, 4) is 0 Å². The standard InChI is InChI=1S/C17H26N4O4/c1-24-10-8-18-12-16(22)20-13-4-6-14(7-5-13)21-17(23)19-11-15-3-2-9-25-15/h4-7,15,18H,2-3,8-12H2,1H3,(H,20,22)(H2,19,21,23). The number of anilines is 2. The topological polar surface area (TPSA) is 101 Å². The molecule has 1 aromatic rings. The number of hydrogen-bond donors (Lipinski definition) is 4. The Balaban J connectivity index is 1.67. The Kier molecular flexibility index (Phi) is 8.17. The van der Waals surface area contributed by atoms with Crippen LogP contribution in [-0.4, -0.2) is 58.0 Å². The second kappa shape index (κ2) is 10.7. The molecule has 1 aliphatic rings. The van der Waals surface area contributed by atoms with Gasteiger partial charge in [0.15, 0.2) is 0 Å². The first-order valence-corrected chi connectivity index (χ1v) is 8.43. The molecule has 1 atom stereocenters. The third-order valence-electron chi connectivity index (χ3n) is 3.71. The van der Waals surface area contributed by atoms with Gasteiger partial charge in [-0.05, 0) is 37.1 Å². The number of hydrogen-bond acceptors (Lipinski definition) is 5. The van der Waals surface area contributed by atoms with Crippen molar-refractivity contribution in [1.82, 2.24) is 10.6 Å². The van der Waals surface area contributed by atoms with Crippen LogP contribution in [0.4, 0.5) is 16.2 Å². The van der Waals surface area contributed by atoms with Crippen LogP contribution in [-0.2, 0) is 14.3 Å². The minimum Gasteiger partial charge on any atom is -0.383 e. The molecule has 0 radical (unpaired) electrons. The molecule has 0 saturated carbocycles. The lowest BCUT2D eigenvalue weighted by Crippen LogP contribution is -2.35. The van der Waals surface area contributed by atoms with Crippen molar-refractivity contribution in [2.75, 3.05) is 50.6 Å². The fourth-order valence-corrected chi connectivity index (χ4v) is 2.41. The molecule has 4 N–H and O–H groups in total. The highest BCUT2D eigenvalue weighted by Gasteiger charge is 2.16. The van der Waals surface area contributed by atoms with Gasteiger partial charge in [-0.2, -0.15) is 0 Å². The lowest BCUT2D eigenvalue weighted by Gasteiger charge is -2.12. The summed E-state index contributed by atoms with van der Waals surface area (Å²) < 4.78 is 10.3. The molecular weight excluding hydrogens is 324 g/mol. The molecule has 8 nitrogen and oxygen atoms in total. The van der Waals surface area contributed by atoms with Gasteiger partial charge in [-0.15, -0.1) is 0 Å². The summed E-state index contributed by atoms with van der Waals surface area (Å²) in [7, 11) is 1.61. The minimum absolute atomic E-state index is 0.112. The number of carbonyl (C=O) groups excluding carboxylic acids is 2. The van der Waals surface area contributed by atoms with E-state index < -0.39 is 0 Å². The second-order valence-electron chi connectivity index (χ2n) is 5.77. The molecule has 1 saturated heterocycles. The van der Waals surface area contributed by atoms with E-state index in [1.54, 1.807) is 31.4 Å². The van der Waals surface area contributed by atoms with E-state index in [2.05, 4.69) is 21.3 Å². The Morgan fingerprint density at radius 2 is 1.92 bits per heavy atom. The van der Waals surface area contributed by atoms with Crippen LogP contribution in [0.3, 0.4) is 0 Å². The number of nitrogens with one attached hydrogen (secondary N) is 4. The van der Waals surface area contributed by atoms with Gasteiger partial charge < -0.3 is 30.7 Å². The maximum atomic E-state index is 11.8. The van der Waals surface area contributed by atoms with Crippen LogP contribution in [0.25, 0.3) is 0 Å². The van der Waals surface area contributed by atoms with Crippen molar-refractivity contribution in [2.45, 2.75) is 18.9 Å². The first-order chi connectivity index (χ1) is 12.2. The van der Waals surface area contributed by atoms with Crippen molar-refractivity contribution in [1.29, 1.82) is 0 Å². The third-order valence-corrected chi connectivity index (χ3v) is 3.71. The number of ether oxygens (including phenoxy) is 2. The third kappa shape index (κ3) is 7.51. The summed E-state index contributed by atoms with van der Waals surface area (Å²) in [6, 6.07) is 6.68. The Labute approximate surface area is 147 Å². The van der Waals surface area contributed by atoms with Crippen molar-refractivity contribution >= 4 is 23.3 Å². The second-order valence-corrected chi connectivity index (χ2v) is 5.77. The average molecular weight is 350 g/mol. The highest BCUT2D eigenvalue weighted by Crippen LogP contribution is 2.14. The van der Waals surface area contributed by atoms with Crippen molar-refractivity contribution in [2.24, 2.45) is 0 Å². The number of rotatable bonds is 9. The number of carbonyl (C=O) groups is 2. The molecule has 3 amide bonds. The van der Waals surface area contributed by atoms with Gasteiger partial charge in [0, 0.05) is 38.2 Å². The van der Waals surface area contributed by atoms with Crippen LogP contribution >= 0.6 is 0 Å². The Hall–Kier alpha value is -2.16. The molecule has 1 aromatic carbocycles. The summed E-state index contributed by atoms with van der Waals surface area (Å²) in [5.74, 6) is -0.133. The fourth-order valence-electron chi connectivity index (χ4n) is 2.41. The van der Waals surface area contributed by atoms with E-state index in [-0.39, 0.29) is 24.6 Å². The van der Waals surface area contributed by atoms with Crippen LogP contribution in [0, 0.1) is 0 Å². The highest BCUT2D eigenvalue weighted by atomic mass is 16.5. The van der Waals surface area contributed by atoms with Gasteiger partial charge in [0.05, 0.1) is 19.3 Å². The lowest BCUT2D eigenvalue weighted by atomic mass is 10.2. The van der Waals surface area contributed by atoms with Crippen LogP contribution in [0.15, 0.2) is 24.3 Å². The van der Waals surface area contributed by atoms with Gasteiger partial charge in [0.2, 0.25) is 5.91 Å². The molecule has 1 aliphatic heterocycles. The maximum absolute atomic E-state index is 11.8. The van der Waals surface area contributed by atoms with Gasteiger partial charge in [-0.1, -0.05) is 0 Å². The zero-order valence-corrected chi connectivity index (χ0v) is 14.5. The Bertz CT molecular complexity index is 544. The number of benzene rings is 1. The Morgan fingerprint density at radius 1 is 1.20 bits per heavy atom. The normalized spacial score (nSPS) is 16.4. The van der Waals surface area contributed by atoms with Crippen LogP contribution < -0.4 is 21.3 Å². The van der Waals surface area contributed by atoms with Gasteiger partial charge >= 0.3 is 6.03 Å². The van der Waals surface area contributed by atoms with E-state index in [9.17, 15) is 9.59 Å². The van der Waals surface area contributed by atoms with E-state index in [1.807, 2.05) is 0 Å². The number of amides is 3. The summed E-state index contributed by atoms with van der Waals surface area (Å²) in [5.41, 5.74) is 1.32. The first kappa shape index (κ1) is 19.2. The Morgan fingerprint density at radius 3 is 2.56 bits per heavy atom. The van der Waals surface area contributed by atoms with E-state index >= 15 is 0 Å². The summed E-state index contributed by atoms with van der Waals surface area (Å²) in [4.78, 5) is 23.6. The predicted octanol–water partition coefficient (Wildman–Crippen LogP) is 1.16. The zero-order chi connectivity index (χ0) is 17.9. The molecular formula is C17H26N4O4. The summed E-state index contributed by atoms with van der Waals surface area (Å²) in [5, 5.41) is 11.3. The largest absolute Gasteiger partial charge is 0.383 e. The van der Waals surface area contributed by atoms with Crippen molar-refractivity contribution < 1.29 is 19.1 Å². The molecule has 1 unspecified atom stereocenters. The predicted molar refractivity (Wildman–Crippen MR) is 95.8 cm³/mol. The molecule has 138 valence electrons. The molecule has 1 heterocycles. The average Bonchev–Trinajstić information content (AvgIpc) is 3.12. The van der Waals surface area contributed by atoms with Crippen molar-refractivity contribution in [3.63, 3.8) is 0 Å². The van der Waals surface area contributed by atoms with E-state index in [0.717, 1.165) is 19.4 Å². The highest BCUT2D eigenvalue weighted by molar-refractivity contribution is 5.93. The maximum Gasteiger partial charge on any atom is 0.319 e. The van der Waals surface area contributed by atoms with Crippen LogP contribution in [0.5, 0.6) is 0 Å². The quantitative estimate of drug-likeness (QED) is 0.501. The smallest absolute Gasteiger partial charge is 0.319 e. The van der Waals surface area contributed by atoms with Gasteiger partial charge in [0.25, 0.3) is 0 Å². The van der Waals surface area contributed by atoms with Gasteiger partial charge in [0.1, 0.15) is 0 Å². The molecule has 0 aromatic heterocycles. The fraction of sp³-hybridized carbons (Fsp3) is 0.529. The minimum atomic E-state index is -0.269. The van der Waals surface area contributed by atoms with Crippen LogP contribution in [0.1, 0.15) is 12.8 Å². The van der Waals surface area contributed by atoms with E-state index in [0.29, 0.717) is 31.1 Å². The summed E-state index contributed by atoms with van der Waals surface area (Å²) >= 11 is 0. The van der Waals surface area contributed by atoms with Gasteiger partial charge in [-0.3, -0.25) is 4.79 Å². The molecule has 2 rings (SSSR count). The van der Waals surface area contributed by atoms with E-state index in [4.69, 9.17) is 9.47 Å². The summed E-state index contributed by atoms with van der Waals surface area (Å²) in [6.07, 6.45) is 2.14. The van der Waals surface area contributed by atoms with Crippen LogP contribution in [0.2, 0.25) is 0 Å².